The fourth-order valence-corrected chi connectivity index (χ4v) is 2.52. The summed E-state index contributed by atoms with van der Waals surface area (Å²) in [6, 6.07) is 0. The summed E-state index contributed by atoms with van der Waals surface area (Å²) in [6.45, 7) is 2.26. The summed E-state index contributed by atoms with van der Waals surface area (Å²) in [5, 5.41) is 8.45. The molecular formula is C20H36O2. The van der Waals surface area contributed by atoms with Crippen LogP contribution in [0.25, 0.3) is 0 Å². The fourth-order valence-electron chi connectivity index (χ4n) is 2.52. The van der Waals surface area contributed by atoms with Gasteiger partial charge in [0.1, 0.15) is 0 Å². The molecule has 0 saturated heterocycles. The van der Waals surface area contributed by atoms with Gasteiger partial charge < -0.3 is 5.11 Å². The maximum Gasteiger partial charge on any atom is 0.327 e. The lowest BCUT2D eigenvalue weighted by molar-refractivity contribution is -0.131. The Labute approximate surface area is 137 Å². The van der Waals surface area contributed by atoms with E-state index in [1.807, 2.05) is 0 Å². The van der Waals surface area contributed by atoms with Gasteiger partial charge in [-0.2, -0.15) is 0 Å². The van der Waals surface area contributed by atoms with Crippen LogP contribution in [0.15, 0.2) is 24.3 Å². The highest BCUT2D eigenvalue weighted by molar-refractivity contribution is 5.79. The van der Waals surface area contributed by atoms with Crippen molar-refractivity contribution in [2.75, 3.05) is 0 Å². The Morgan fingerprint density at radius 1 is 0.682 bits per heavy atom. The van der Waals surface area contributed by atoms with Crippen LogP contribution in [0.3, 0.4) is 0 Å². The summed E-state index contributed by atoms with van der Waals surface area (Å²) < 4.78 is 0. The number of hydrogen-bond donors (Lipinski definition) is 1. The van der Waals surface area contributed by atoms with Gasteiger partial charge in [-0.1, -0.05) is 76.5 Å². The molecule has 0 aromatic rings. The normalized spacial score (nSPS) is 11.7. The van der Waals surface area contributed by atoms with Crippen LogP contribution in [-0.4, -0.2) is 11.1 Å². The molecular weight excluding hydrogens is 272 g/mol. The number of rotatable bonds is 16. The molecule has 0 aromatic heterocycles. The topological polar surface area (TPSA) is 37.3 Å². The summed E-state index contributed by atoms with van der Waals surface area (Å²) in [4.78, 5) is 10.3. The predicted octanol–water partition coefficient (Wildman–Crippen LogP) is 6.66. The van der Waals surface area contributed by atoms with Gasteiger partial charge in [0.25, 0.3) is 0 Å². The minimum Gasteiger partial charge on any atom is -0.478 e. The number of carboxylic acids is 1. The van der Waals surface area contributed by atoms with Crippen molar-refractivity contribution in [1.29, 1.82) is 0 Å². The Hall–Kier alpha value is -1.05. The molecule has 0 bridgehead atoms. The maximum atomic E-state index is 10.3. The molecule has 0 radical (unpaired) electrons. The van der Waals surface area contributed by atoms with Crippen molar-refractivity contribution in [1.82, 2.24) is 0 Å². The molecule has 0 saturated carbocycles. The van der Waals surface area contributed by atoms with Crippen LogP contribution in [0.2, 0.25) is 0 Å². The number of hydrogen-bond acceptors (Lipinski definition) is 1. The lowest BCUT2D eigenvalue weighted by Gasteiger charge is -2.00. The van der Waals surface area contributed by atoms with Crippen LogP contribution < -0.4 is 0 Å². The van der Waals surface area contributed by atoms with E-state index in [0.717, 1.165) is 12.8 Å². The first-order chi connectivity index (χ1) is 10.8. The summed E-state index contributed by atoms with van der Waals surface area (Å²) in [5.74, 6) is -0.838. The number of carboxylic acid groups (broad SMARTS) is 1. The number of allylic oxidation sites excluding steroid dienone is 3. The summed E-state index contributed by atoms with van der Waals surface area (Å²) in [5.41, 5.74) is 0. The molecule has 0 rings (SSSR count). The fraction of sp³-hybridized carbons (Fsp3) is 0.750. The first-order valence-electron chi connectivity index (χ1n) is 9.31. The SMILES string of the molecule is CCCCCCC=CCCCCCCCCCC=CC(=O)O. The Morgan fingerprint density at radius 2 is 1.09 bits per heavy atom. The highest BCUT2D eigenvalue weighted by atomic mass is 16.4. The van der Waals surface area contributed by atoms with Gasteiger partial charge in [-0.25, -0.2) is 4.79 Å². The molecule has 0 amide bonds. The van der Waals surface area contributed by atoms with Gasteiger partial charge in [0.15, 0.2) is 0 Å². The van der Waals surface area contributed by atoms with Gasteiger partial charge in [0.2, 0.25) is 0 Å². The predicted molar refractivity (Wildman–Crippen MR) is 96.2 cm³/mol. The smallest absolute Gasteiger partial charge is 0.327 e. The molecule has 0 aliphatic rings. The Balaban J connectivity index is 3.11. The lowest BCUT2D eigenvalue weighted by Crippen LogP contribution is -1.85. The van der Waals surface area contributed by atoms with E-state index in [2.05, 4.69) is 19.1 Å². The monoisotopic (exact) mass is 308 g/mol. The Kier molecular flexibility index (Phi) is 17.1. The first kappa shape index (κ1) is 20.9. The average Bonchev–Trinajstić information content (AvgIpc) is 2.50. The second-order valence-electron chi connectivity index (χ2n) is 6.11. The van der Waals surface area contributed by atoms with Crippen molar-refractivity contribution < 1.29 is 9.90 Å². The van der Waals surface area contributed by atoms with E-state index >= 15 is 0 Å². The number of aliphatic carboxylic acids is 1. The van der Waals surface area contributed by atoms with Gasteiger partial charge >= 0.3 is 5.97 Å². The lowest BCUT2D eigenvalue weighted by atomic mass is 10.1. The van der Waals surface area contributed by atoms with Gasteiger partial charge in [0, 0.05) is 6.08 Å². The highest BCUT2D eigenvalue weighted by Gasteiger charge is 1.91. The molecule has 2 nitrogen and oxygen atoms in total. The van der Waals surface area contributed by atoms with Crippen LogP contribution in [-0.2, 0) is 4.79 Å². The molecule has 0 atom stereocenters. The summed E-state index contributed by atoms with van der Waals surface area (Å²) in [7, 11) is 0. The first-order valence-corrected chi connectivity index (χ1v) is 9.31. The van der Waals surface area contributed by atoms with E-state index in [-0.39, 0.29) is 0 Å². The van der Waals surface area contributed by atoms with E-state index < -0.39 is 5.97 Å². The molecule has 0 aromatic carbocycles. The van der Waals surface area contributed by atoms with Crippen LogP contribution >= 0.6 is 0 Å². The van der Waals surface area contributed by atoms with Crippen molar-refractivity contribution in [2.24, 2.45) is 0 Å². The third kappa shape index (κ3) is 18.9. The second kappa shape index (κ2) is 18.0. The van der Waals surface area contributed by atoms with Crippen molar-refractivity contribution in [3.63, 3.8) is 0 Å². The molecule has 0 heterocycles. The van der Waals surface area contributed by atoms with Crippen molar-refractivity contribution >= 4 is 5.97 Å². The number of unbranched alkanes of at least 4 members (excludes halogenated alkanes) is 12. The molecule has 0 aliphatic heterocycles. The van der Waals surface area contributed by atoms with Crippen LogP contribution in [0.4, 0.5) is 0 Å². The van der Waals surface area contributed by atoms with Crippen LogP contribution in [0.1, 0.15) is 96.8 Å². The van der Waals surface area contributed by atoms with Gasteiger partial charge in [-0.15, -0.1) is 0 Å². The molecule has 2 heteroatoms. The zero-order valence-corrected chi connectivity index (χ0v) is 14.6. The number of carbonyl (C=O) groups is 1. The maximum absolute atomic E-state index is 10.3. The van der Waals surface area contributed by atoms with Gasteiger partial charge in [-0.3, -0.25) is 0 Å². The Bertz CT molecular complexity index is 292. The quantitative estimate of drug-likeness (QED) is 0.196. The van der Waals surface area contributed by atoms with E-state index in [1.165, 1.54) is 83.1 Å². The molecule has 0 aliphatic carbocycles. The Morgan fingerprint density at radius 3 is 1.55 bits per heavy atom. The molecule has 0 fully saturated rings. The molecule has 0 spiro atoms. The van der Waals surface area contributed by atoms with E-state index in [0.29, 0.717) is 0 Å². The van der Waals surface area contributed by atoms with Crippen molar-refractivity contribution in [3.05, 3.63) is 24.3 Å². The highest BCUT2D eigenvalue weighted by Crippen LogP contribution is 2.10. The van der Waals surface area contributed by atoms with E-state index in [4.69, 9.17) is 5.11 Å². The van der Waals surface area contributed by atoms with Crippen molar-refractivity contribution in [2.45, 2.75) is 96.8 Å². The molecule has 1 N–H and O–H groups in total. The minimum atomic E-state index is -0.838. The van der Waals surface area contributed by atoms with E-state index in [1.54, 1.807) is 6.08 Å². The standard InChI is InChI=1S/C20H36O2/c1-2-3-4-5-6-7-8-9-10-11-12-13-14-15-16-17-18-19-20(21)22/h7-8,18-19H,2-6,9-17H2,1H3,(H,21,22). The van der Waals surface area contributed by atoms with Crippen molar-refractivity contribution in [3.8, 4) is 0 Å². The summed E-state index contributed by atoms with van der Waals surface area (Å²) in [6.07, 6.45) is 25.5. The van der Waals surface area contributed by atoms with Gasteiger partial charge in [-0.05, 0) is 38.5 Å². The second-order valence-corrected chi connectivity index (χ2v) is 6.11. The molecule has 128 valence electrons. The van der Waals surface area contributed by atoms with Crippen LogP contribution in [0, 0.1) is 0 Å². The zero-order chi connectivity index (χ0) is 16.3. The largest absolute Gasteiger partial charge is 0.478 e. The van der Waals surface area contributed by atoms with Gasteiger partial charge in [0.05, 0.1) is 0 Å². The van der Waals surface area contributed by atoms with Crippen LogP contribution in [0.5, 0.6) is 0 Å². The minimum absolute atomic E-state index is 0.838. The average molecular weight is 309 g/mol. The summed E-state index contributed by atoms with van der Waals surface area (Å²) >= 11 is 0. The third-order valence-electron chi connectivity index (χ3n) is 3.89. The molecule has 0 unspecified atom stereocenters. The zero-order valence-electron chi connectivity index (χ0n) is 14.6. The molecule has 22 heavy (non-hydrogen) atoms. The third-order valence-corrected chi connectivity index (χ3v) is 3.89. The van der Waals surface area contributed by atoms with E-state index in [9.17, 15) is 4.79 Å².